The molecule has 0 saturated heterocycles. The van der Waals surface area contributed by atoms with Crippen LogP contribution in [0.4, 0.5) is 4.39 Å². The van der Waals surface area contributed by atoms with E-state index in [2.05, 4.69) is 33.5 Å². The van der Waals surface area contributed by atoms with Crippen LogP contribution in [-0.4, -0.2) is 20.3 Å². The van der Waals surface area contributed by atoms with Gasteiger partial charge in [-0.3, -0.25) is 9.78 Å². The second-order valence-electron chi connectivity index (χ2n) is 6.76. The first-order valence-electron chi connectivity index (χ1n) is 8.94. The van der Waals surface area contributed by atoms with E-state index in [1.165, 1.54) is 28.9 Å². The fraction of sp³-hybridized carbons (Fsp3) is 0.136. The first-order valence-corrected chi connectivity index (χ1v) is 8.94. The van der Waals surface area contributed by atoms with Crippen molar-refractivity contribution < 1.29 is 9.18 Å². The summed E-state index contributed by atoms with van der Waals surface area (Å²) in [6.45, 7) is 4.40. The summed E-state index contributed by atoms with van der Waals surface area (Å²) >= 11 is 0. The molecule has 0 fully saturated rings. The van der Waals surface area contributed by atoms with Crippen molar-refractivity contribution in [2.24, 2.45) is 0 Å². The minimum Gasteiger partial charge on any atom is -0.347 e. The molecule has 0 radical (unpaired) electrons. The largest absolute Gasteiger partial charge is 0.347 e. The van der Waals surface area contributed by atoms with Gasteiger partial charge in [-0.1, -0.05) is 18.2 Å². The summed E-state index contributed by atoms with van der Waals surface area (Å²) in [6.07, 6.45) is 4.62. The first kappa shape index (κ1) is 17.9. The molecule has 1 amide bonds. The van der Waals surface area contributed by atoms with E-state index in [0.717, 1.165) is 27.9 Å². The summed E-state index contributed by atoms with van der Waals surface area (Å²) in [5, 5.41) is 2.87. The molecule has 0 unspecified atom stereocenters. The van der Waals surface area contributed by atoms with E-state index >= 15 is 0 Å². The van der Waals surface area contributed by atoms with Crippen LogP contribution in [-0.2, 0) is 6.54 Å². The average molecular weight is 374 g/mol. The number of hydrogen-bond acceptors (Lipinski definition) is 3. The lowest BCUT2D eigenvalue weighted by atomic mass is 9.98. The van der Waals surface area contributed by atoms with Gasteiger partial charge in [-0.2, -0.15) is 0 Å². The summed E-state index contributed by atoms with van der Waals surface area (Å²) in [7, 11) is 0. The number of halogens is 1. The van der Waals surface area contributed by atoms with Crippen LogP contribution in [0, 0.1) is 19.7 Å². The van der Waals surface area contributed by atoms with Crippen LogP contribution in [0.5, 0.6) is 0 Å². The Hall–Kier alpha value is -3.54. The Kier molecular flexibility index (Phi) is 4.61. The number of hydrogen-bond donors (Lipinski definition) is 1. The molecule has 0 bridgehead atoms. The maximum absolute atomic E-state index is 13.3. The van der Waals surface area contributed by atoms with Crippen LogP contribution < -0.4 is 5.32 Å². The van der Waals surface area contributed by atoms with Gasteiger partial charge in [0.25, 0.3) is 5.91 Å². The van der Waals surface area contributed by atoms with Crippen LogP contribution in [0.15, 0.2) is 61.1 Å². The number of aryl methyl sites for hydroxylation is 2. The normalized spacial score (nSPS) is 11.0. The molecule has 1 N–H and O–H groups in total. The Morgan fingerprint density at radius 3 is 2.75 bits per heavy atom. The number of benzene rings is 1. The minimum absolute atomic E-state index is 0.256. The molecule has 6 heteroatoms. The molecule has 140 valence electrons. The Bertz CT molecular complexity index is 1180. The number of imidazole rings is 1. The molecule has 1 aromatic carbocycles. The summed E-state index contributed by atoms with van der Waals surface area (Å²) in [4.78, 5) is 20.9. The van der Waals surface area contributed by atoms with Gasteiger partial charge >= 0.3 is 0 Å². The quantitative estimate of drug-likeness (QED) is 0.585. The zero-order valence-electron chi connectivity index (χ0n) is 15.6. The van der Waals surface area contributed by atoms with Crippen LogP contribution in [0.25, 0.3) is 16.8 Å². The second-order valence-corrected chi connectivity index (χ2v) is 6.76. The lowest BCUT2D eigenvalue weighted by Gasteiger charge is -2.10. The smallest absolute Gasteiger partial charge is 0.271 e. The number of rotatable bonds is 4. The van der Waals surface area contributed by atoms with Crippen LogP contribution >= 0.6 is 0 Å². The number of aromatic nitrogens is 3. The van der Waals surface area contributed by atoms with Crippen molar-refractivity contribution in [3.8, 4) is 11.1 Å². The van der Waals surface area contributed by atoms with Gasteiger partial charge < -0.3 is 9.72 Å². The van der Waals surface area contributed by atoms with Crippen molar-refractivity contribution in [3.63, 3.8) is 0 Å². The number of amides is 1. The number of nitrogens with zero attached hydrogens (tertiary/aromatic N) is 3. The number of nitrogens with one attached hydrogen (secondary N) is 1. The molecule has 0 aliphatic heterocycles. The second kappa shape index (κ2) is 7.23. The summed E-state index contributed by atoms with van der Waals surface area (Å²) < 4.78 is 14.8. The van der Waals surface area contributed by atoms with Gasteiger partial charge in [0.1, 0.15) is 17.2 Å². The monoisotopic (exact) mass is 374 g/mol. The molecule has 28 heavy (non-hydrogen) atoms. The zero-order chi connectivity index (χ0) is 19.7. The third kappa shape index (κ3) is 3.62. The van der Waals surface area contributed by atoms with Crippen LogP contribution in [0.2, 0.25) is 0 Å². The maximum atomic E-state index is 13.3. The van der Waals surface area contributed by atoms with Gasteiger partial charge in [-0.05, 0) is 60.4 Å². The summed E-state index contributed by atoms with van der Waals surface area (Å²) in [5.74, 6) is -0.674. The van der Waals surface area contributed by atoms with E-state index in [1.54, 1.807) is 6.20 Å². The third-order valence-electron chi connectivity index (χ3n) is 4.60. The molecule has 5 nitrogen and oxygen atoms in total. The van der Waals surface area contributed by atoms with Gasteiger partial charge in [0, 0.05) is 30.8 Å². The van der Waals surface area contributed by atoms with Crippen LogP contribution in [0.3, 0.4) is 0 Å². The molecule has 0 saturated carbocycles. The number of fused-ring (bicyclic) bond motifs is 1. The molecule has 3 aromatic heterocycles. The number of pyridine rings is 2. The third-order valence-corrected chi connectivity index (χ3v) is 4.60. The highest BCUT2D eigenvalue weighted by atomic mass is 19.1. The standard InChI is InChI=1S/C22H19FN4O/c1-14-9-16(3-5-19(14)17-7-8-24-15(2)10-17)11-25-22(28)20-13-27-12-18(23)4-6-21(27)26-20/h3-10,12-13H,11H2,1-2H3,(H,25,28). The molecule has 0 spiro atoms. The fourth-order valence-electron chi connectivity index (χ4n) is 3.22. The van der Waals surface area contributed by atoms with Gasteiger partial charge in [-0.15, -0.1) is 0 Å². The summed E-state index contributed by atoms with van der Waals surface area (Å²) in [6, 6.07) is 13.0. The van der Waals surface area contributed by atoms with Crippen molar-refractivity contribution in [3.05, 3.63) is 89.4 Å². The molecule has 0 aliphatic carbocycles. The lowest BCUT2D eigenvalue weighted by molar-refractivity contribution is 0.0946. The molecule has 0 atom stereocenters. The van der Waals surface area contributed by atoms with Gasteiger partial charge in [-0.25, -0.2) is 9.37 Å². The molecule has 3 heterocycles. The highest BCUT2D eigenvalue weighted by molar-refractivity contribution is 5.92. The van der Waals surface area contributed by atoms with E-state index < -0.39 is 0 Å². The SMILES string of the molecule is Cc1cc(-c2ccc(CNC(=O)c3cn4cc(F)ccc4n3)cc2C)ccn1. The van der Waals surface area contributed by atoms with Gasteiger partial charge in [0.2, 0.25) is 0 Å². The fourth-order valence-corrected chi connectivity index (χ4v) is 3.22. The predicted molar refractivity (Wildman–Crippen MR) is 105 cm³/mol. The Morgan fingerprint density at radius 2 is 1.96 bits per heavy atom. The van der Waals surface area contributed by atoms with E-state index in [1.807, 2.05) is 26.0 Å². The van der Waals surface area contributed by atoms with Crippen molar-refractivity contribution in [2.75, 3.05) is 0 Å². The van der Waals surface area contributed by atoms with Crippen molar-refractivity contribution in [1.82, 2.24) is 19.7 Å². The highest BCUT2D eigenvalue weighted by Gasteiger charge is 2.11. The number of carbonyl (C=O) groups excluding carboxylic acids is 1. The molecule has 4 aromatic rings. The van der Waals surface area contributed by atoms with E-state index in [0.29, 0.717) is 12.2 Å². The topological polar surface area (TPSA) is 59.3 Å². The lowest BCUT2D eigenvalue weighted by Crippen LogP contribution is -2.23. The van der Waals surface area contributed by atoms with E-state index in [4.69, 9.17) is 0 Å². The van der Waals surface area contributed by atoms with Gasteiger partial charge in [0.05, 0.1) is 0 Å². The Morgan fingerprint density at radius 1 is 1.11 bits per heavy atom. The molecule has 4 rings (SSSR count). The van der Waals surface area contributed by atoms with Gasteiger partial charge in [0.15, 0.2) is 0 Å². The van der Waals surface area contributed by atoms with E-state index in [9.17, 15) is 9.18 Å². The van der Waals surface area contributed by atoms with Crippen LogP contribution in [0.1, 0.15) is 27.3 Å². The Balaban J connectivity index is 1.48. The highest BCUT2D eigenvalue weighted by Crippen LogP contribution is 2.24. The maximum Gasteiger partial charge on any atom is 0.271 e. The molecular formula is C22H19FN4O. The first-order chi connectivity index (χ1) is 13.5. The number of carbonyl (C=O) groups is 1. The van der Waals surface area contributed by atoms with Crippen molar-refractivity contribution in [1.29, 1.82) is 0 Å². The molecule has 0 aliphatic rings. The summed E-state index contributed by atoms with van der Waals surface area (Å²) in [5.41, 5.74) is 6.14. The zero-order valence-corrected chi connectivity index (χ0v) is 15.6. The predicted octanol–water partition coefficient (Wildman–Crippen LogP) is 4.08. The molecular weight excluding hydrogens is 355 g/mol. The van der Waals surface area contributed by atoms with E-state index in [-0.39, 0.29) is 17.4 Å². The van der Waals surface area contributed by atoms with Crippen molar-refractivity contribution in [2.45, 2.75) is 20.4 Å². The Labute approximate surface area is 161 Å². The minimum atomic E-state index is -0.378. The van der Waals surface area contributed by atoms with Crippen molar-refractivity contribution >= 4 is 11.6 Å². The average Bonchev–Trinajstić information content (AvgIpc) is 3.09.